The van der Waals surface area contributed by atoms with Crippen molar-refractivity contribution in [2.24, 2.45) is 5.92 Å². The molecule has 2 aromatic rings. The Hall–Kier alpha value is -1.57. The van der Waals surface area contributed by atoms with Crippen molar-refractivity contribution in [2.45, 2.75) is 50.3 Å². The molecule has 7 heteroatoms. The average Bonchev–Trinajstić information content (AvgIpc) is 3.08. The van der Waals surface area contributed by atoms with Gasteiger partial charge in [0, 0.05) is 19.0 Å². The highest BCUT2D eigenvalue weighted by Crippen LogP contribution is 2.47. The molecule has 1 saturated heterocycles. The first kappa shape index (κ1) is 17.8. The Morgan fingerprint density at radius 3 is 2.35 bits per heavy atom. The summed E-state index contributed by atoms with van der Waals surface area (Å²) < 4.78 is 38.1. The topological polar surface area (TPSA) is 66.9 Å². The first-order valence-corrected chi connectivity index (χ1v) is 10.7. The van der Waals surface area contributed by atoms with E-state index >= 15 is 0 Å². The number of rotatable bonds is 7. The van der Waals surface area contributed by atoms with Gasteiger partial charge in [-0.2, -0.15) is 4.31 Å². The maximum atomic E-state index is 12.5. The smallest absolute Gasteiger partial charge is 0.276 e. The molecule has 2 aliphatic rings. The van der Waals surface area contributed by atoms with Gasteiger partial charge in [0.2, 0.25) is 5.09 Å². The molecule has 0 N–H and O–H groups in total. The van der Waals surface area contributed by atoms with Crippen LogP contribution in [-0.4, -0.2) is 37.8 Å². The molecule has 2 atom stereocenters. The van der Waals surface area contributed by atoms with Gasteiger partial charge in [-0.05, 0) is 56.5 Å². The summed E-state index contributed by atoms with van der Waals surface area (Å²) in [5.41, 5.74) is 0. The predicted molar refractivity (Wildman–Crippen MR) is 97.1 cm³/mol. The number of hydrogen-bond donors (Lipinski definition) is 0. The molecular formula is C19H26N2O4S. The van der Waals surface area contributed by atoms with E-state index in [9.17, 15) is 8.42 Å². The third-order valence-electron chi connectivity index (χ3n) is 5.31. The lowest BCUT2D eigenvalue weighted by Crippen LogP contribution is -2.27. The van der Waals surface area contributed by atoms with Crippen molar-refractivity contribution >= 4 is 10.0 Å². The third-order valence-corrected chi connectivity index (χ3v) is 7.08. The van der Waals surface area contributed by atoms with Crippen LogP contribution in [0, 0.1) is 5.92 Å². The van der Waals surface area contributed by atoms with Gasteiger partial charge >= 0.3 is 0 Å². The van der Waals surface area contributed by atoms with Crippen LogP contribution < -0.4 is 0 Å². The summed E-state index contributed by atoms with van der Waals surface area (Å²) in [6, 6.07) is 7.42. The zero-order valence-electron chi connectivity index (χ0n) is 15.3. The lowest BCUT2D eigenvalue weighted by Gasteiger charge is -2.14. The minimum atomic E-state index is -3.49. The van der Waals surface area contributed by atoms with E-state index in [1.165, 1.54) is 10.7 Å². The Kier molecular flexibility index (Phi) is 4.71. The van der Waals surface area contributed by atoms with Crippen molar-refractivity contribution in [3.8, 4) is 0 Å². The van der Waals surface area contributed by atoms with Crippen LogP contribution in [0.5, 0.6) is 0 Å². The zero-order chi connectivity index (χ0) is 18.3. The largest absolute Gasteiger partial charge is 0.464 e. The van der Waals surface area contributed by atoms with Gasteiger partial charge in [0.25, 0.3) is 10.0 Å². The molecule has 0 radical (unpaired) electrons. The summed E-state index contributed by atoms with van der Waals surface area (Å²) in [4.78, 5) is 2.06. The molecule has 6 nitrogen and oxygen atoms in total. The number of furan rings is 2. The lowest BCUT2D eigenvalue weighted by molar-refractivity contribution is 0.252. The Morgan fingerprint density at radius 2 is 1.69 bits per heavy atom. The summed E-state index contributed by atoms with van der Waals surface area (Å²) >= 11 is 0. The van der Waals surface area contributed by atoms with Gasteiger partial charge in [0.1, 0.15) is 17.3 Å². The Labute approximate surface area is 154 Å². The third kappa shape index (κ3) is 3.61. The highest BCUT2D eigenvalue weighted by Gasteiger charge is 2.36. The van der Waals surface area contributed by atoms with Crippen molar-refractivity contribution in [3.63, 3.8) is 0 Å². The summed E-state index contributed by atoms with van der Waals surface area (Å²) in [5, 5.41) is 0.0470. The van der Waals surface area contributed by atoms with Crippen LogP contribution >= 0.6 is 0 Å². The van der Waals surface area contributed by atoms with E-state index in [-0.39, 0.29) is 5.09 Å². The van der Waals surface area contributed by atoms with E-state index in [1.807, 2.05) is 13.1 Å². The predicted octanol–water partition coefficient (Wildman–Crippen LogP) is 3.41. The van der Waals surface area contributed by atoms with Crippen molar-refractivity contribution < 1.29 is 17.3 Å². The quantitative estimate of drug-likeness (QED) is 0.739. The van der Waals surface area contributed by atoms with Crippen molar-refractivity contribution in [1.29, 1.82) is 0 Å². The zero-order valence-corrected chi connectivity index (χ0v) is 16.2. The maximum absolute atomic E-state index is 12.5. The first-order chi connectivity index (χ1) is 12.4. The van der Waals surface area contributed by atoms with Crippen LogP contribution in [-0.2, 0) is 23.1 Å². The van der Waals surface area contributed by atoms with Crippen LogP contribution in [0.1, 0.15) is 49.4 Å². The molecule has 0 spiro atoms. The van der Waals surface area contributed by atoms with Crippen molar-refractivity contribution in [3.05, 3.63) is 41.5 Å². The van der Waals surface area contributed by atoms with Gasteiger partial charge < -0.3 is 8.83 Å². The molecule has 26 heavy (non-hydrogen) atoms. The van der Waals surface area contributed by atoms with E-state index in [4.69, 9.17) is 8.83 Å². The number of sulfonamides is 1. The fraction of sp³-hybridized carbons (Fsp3) is 0.579. The van der Waals surface area contributed by atoms with Gasteiger partial charge in [0.15, 0.2) is 0 Å². The second-order valence-corrected chi connectivity index (χ2v) is 9.50. The molecule has 0 aromatic carbocycles. The van der Waals surface area contributed by atoms with Gasteiger partial charge in [0.05, 0.1) is 13.1 Å². The Morgan fingerprint density at radius 1 is 1.08 bits per heavy atom. The van der Waals surface area contributed by atoms with Gasteiger partial charge in [-0.25, -0.2) is 8.42 Å². The van der Waals surface area contributed by atoms with Crippen LogP contribution in [0.25, 0.3) is 0 Å². The van der Waals surface area contributed by atoms with E-state index in [2.05, 4.69) is 17.9 Å². The Balaban J connectivity index is 1.37. The second kappa shape index (κ2) is 6.87. The van der Waals surface area contributed by atoms with Crippen LogP contribution in [0.3, 0.4) is 0 Å². The molecule has 1 aliphatic carbocycles. The van der Waals surface area contributed by atoms with Crippen molar-refractivity contribution in [2.75, 3.05) is 20.1 Å². The lowest BCUT2D eigenvalue weighted by atomic mass is 10.3. The minimum absolute atomic E-state index is 0.0470. The SMILES string of the molecule is CC1CC1c1ccc(CN(C)Cc2ccc(S(=O)(=O)N3CCCC3)o2)o1. The molecular weight excluding hydrogens is 352 g/mol. The van der Waals surface area contributed by atoms with E-state index in [0.29, 0.717) is 37.9 Å². The summed E-state index contributed by atoms with van der Waals surface area (Å²) in [7, 11) is -1.52. The van der Waals surface area contributed by atoms with Crippen LogP contribution in [0.2, 0.25) is 0 Å². The molecule has 2 unspecified atom stereocenters. The molecule has 1 aliphatic heterocycles. The second-order valence-electron chi connectivity index (χ2n) is 7.63. The normalized spacial score (nSPS) is 23.8. The summed E-state index contributed by atoms with van der Waals surface area (Å²) in [6.45, 7) is 4.60. The highest BCUT2D eigenvalue weighted by molar-refractivity contribution is 7.89. The van der Waals surface area contributed by atoms with E-state index in [1.54, 1.807) is 12.1 Å². The highest BCUT2D eigenvalue weighted by atomic mass is 32.2. The van der Waals surface area contributed by atoms with Crippen molar-refractivity contribution in [1.82, 2.24) is 9.21 Å². The first-order valence-electron chi connectivity index (χ1n) is 9.29. The average molecular weight is 378 g/mol. The molecule has 0 bridgehead atoms. The van der Waals surface area contributed by atoms with Gasteiger partial charge in [-0.1, -0.05) is 6.92 Å². The van der Waals surface area contributed by atoms with E-state index < -0.39 is 10.0 Å². The molecule has 2 fully saturated rings. The van der Waals surface area contributed by atoms with E-state index in [0.717, 1.165) is 30.3 Å². The maximum Gasteiger partial charge on any atom is 0.276 e. The standard InChI is InChI=1S/C19H26N2O4S/c1-14-11-17(14)18-7-5-15(24-18)12-20(2)13-16-6-8-19(25-16)26(22,23)21-9-3-4-10-21/h5-8,14,17H,3-4,9-13H2,1-2H3. The molecule has 142 valence electrons. The molecule has 3 heterocycles. The molecule has 4 rings (SSSR count). The van der Waals surface area contributed by atoms with Crippen LogP contribution in [0.15, 0.2) is 38.2 Å². The molecule has 2 aromatic heterocycles. The molecule has 1 saturated carbocycles. The fourth-order valence-electron chi connectivity index (χ4n) is 3.62. The van der Waals surface area contributed by atoms with Gasteiger partial charge in [-0.15, -0.1) is 0 Å². The minimum Gasteiger partial charge on any atom is -0.464 e. The summed E-state index contributed by atoms with van der Waals surface area (Å²) in [5.74, 6) is 3.96. The van der Waals surface area contributed by atoms with Crippen LogP contribution in [0.4, 0.5) is 0 Å². The number of hydrogen-bond acceptors (Lipinski definition) is 5. The number of nitrogens with zero attached hydrogens (tertiary/aromatic N) is 2. The molecule has 0 amide bonds. The Bertz CT molecular complexity index is 864. The monoisotopic (exact) mass is 378 g/mol. The fourth-order valence-corrected chi connectivity index (χ4v) is 5.07. The summed E-state index contributed by atoms with van der Waals surface area (Å²) in [6.07, 6.45) is 3.05. The van der Waals surface area contributed by atoms with Gasteiger partial charge in [-0.3, -0.25) is 4.90 Å².